The Hall–Kier alpha value is -1.11. The van der Waals surface area contributed by atoms with Gasteiger partial charge in [0.15, 0.2) is 9.84 Å². The minimum absolute atomic E-state index is 0. The molecule has 1 aliphatic rings. The highest BCUT2D eigenvalue weighted by Crippen LogP contribution is 2.12. The van der Waals surface area contributed by atoms with E-state index < -0.39 is 9.84 Å². The Morgan fingerprint density at radius 3 is 2.35 bits per heavy atom. The van der Waals surface area contributed by atoms with Crippen LogP contribution in [0.3, 0.4) is 0 Å². The van der Waals surface area contributed by atoms with Crippen molar-refractivity contribution in [3.05, 3.63) is 29.8 Å². The van der Waals surface area contributed by atoms with Crippen LogP contribution >= 0.6 is 12.4 Å². The lowest BCUT2D eigenvalue weighted by atomic mass is 10.0. The van der Waals surface area contributed by atoms with Gasteiger partial charge < -0.3 is 10.6 Å². The molecular formula is C13H19ClN2O3S. The van der Waals surface area contributed by atoms with E-state index >= 15 is 0 Å². The van der Waals surface area contributed by atoms with E-state index in [1.807, 2.05) is 0 Å². The van der Waals surface area contributed by atoms with Gasteiger partial charge in [0, 0.05) is 31.1 Å². The highest BCUT2D eigenvalue weighted by Gasteiger charge is 2.18. The monoisotopic (exact) mass is 318 g/mol. The van der Waals surface area contributed by atoms with E-state index in [9.17, 15) is 13.2 Å². The van der Waals surface area contributed by atoms with E-state index in [-0.39, 0.29) is 29.0 Å². The van der Waals surface area contributed by atoms with Gasteiger partial charge in [0.25, 0.3) is 5.91 Å². The van der Waals surface area contributed by atoms with E-state index in [1.54, 1.807) is 19.1 Å². The first-order valence-electron chi connectivity index (χ1n) is 6.34. The van der Waals surface area contributed by atoms with Gasteiger partial charge in [0.1, 0.15) is 0 Å². The van der Waals surface area contributed by atoms with Crippen molar-refractivity contribution in [2.24, 2.45) is 5.92 Å². The number of amides is 1. The predicted molar refractivity (Wildman–Crippen MR) is 80.1 cm³/mol. The Labute approximate surface area is 125 Å². The molecule has 1 aromatic rings. The third-order valence-corrected chi connectivity index (χ3v) is 5.02. The molecule has 112 valence electrons. The van der Waals surface area contributed by atoms with Crippen LogP contribution in [0.4, 0.5) is 0 Å². The number of hydrogen-bond acceptors (Lipinski definition) is 4. The van der Waals surface area contributed by atoms with Crippen molar-refractivity contribution in [3.8, 4) is 0 Å². The fraction of sp³-hybridized carbons (Fsp3) is 0.462. The molecule has 1 aliphatic heterocycles. The van der Waals surface area contributed by atoms with Crippen molar-refractivity contribution in [2.75, 3.05) is 25.4 Å². The van der Waals surface area contributed by atoms with Crippen LogP contribution in [0.15, 0.2) is 29.2 Å². The van der Waals surface area contributed by atoms with Crippen molar-refractivity contribution in [3.63, 3.8) is 0 Å². The first-order chi connectivity index (χ1) is 9.03. The number of carbonyl (C=O) groups excluding carboxylic acids is 1. The third kappa shape index (κ3) is 3.94. The van der Waals surface area contributed by atoms with Gasteiger partial charge in [0.05, 0.1) is 10.6 Å². The molecule has 0 aromatic heterocycles. The zero-order valence-electron chi connectivity index (χ0n) is 11.3. The highest BCUT2D eigenvalue weighted by molar-refractivity contribution is 7.91. The molecule has 1 amide bonds. The minimum Gasteiger partial charge on any atom is -0.352 e. The molecule has 0 aliphatic carbocycles. The van der Waals surface area contributed by atoms with Crippen LogP contribution in [-0.4, -0.2) is 39.7 Å². The Bertz CT molecular complexity index is 553. The molecule has 0 radical (unpaired) electrons. The van der Waals surface area contributed by atoms with Crippen molar-refractivity contribution < 1.29 is 13.2 Å². The van der Waals surface area contributed by atoms with E-state index in [0.717, 1.165) is 13.1 Å². The van der Waals surface area contributed by atoms with Crippen molar-refractivity contribution in [2.45, 2.75) is 11.8 Å². The van der Waals surface area contributed by atoms with Gasteiger partial charge in [-0.15, -0.1) is 12.4 Å². The summed E-state index contributed by atoms with van der Waals surface area (Å²) in [5.41, 5.74) is 0.488. The van der Waals surface area contributed by atoms with Gasteiger partial charge in [-0.3, -0.25) is 4.79 Å². The van der Waals surface area contributed by atoms with Gasteiger partial charge in [0.2, 0.25) is 0 Å². The fourth-order valence-corrected chi connectivity index (χ4v) is 2.70. The molecule has 0 saturated carbocycles. The van der Waals surface area contributed by atoms with Gasteiger partial charge in [-0.1, -0.05) is 6.92 Å². The number of hydrogen-bond donors (Lipinski definition) is 2. The zero-order valence-corrected chi connectivity index (χ0v) is 12.9. The maximum atomic E-state index is 11.8. The standard InChI is InChI=1S/C13H18N2O3S.ClH/c1-2-19(17,18)12-5-3-11(4-6-12)13(16)15-9-10-7-14-8-10;/h3-6,10,14H,2,7-9H2,1H3,(H,15,16);1H. The number of nitrogens with one attached hydrogen (secondary N) is 2. The quantitative estimate of drug-likeness (QED) is 0.844. The molecule has 5 nitrogen and oxygen atoms in total. The van der Waals surface area contributed by atoms with Crippen molar-refractivity contribution in [1.82, 2.24) is 10.6 Å². The second-order valence-electron chi connectivity index (χ2n) is 4.66. The summed E-state index contributed by atoms with van der Waals surface area (Å²) in [6.45, 7) is 4.13. The van der Waals surface area contributed by atoms with Crippen LogP contribution in [-0.2, 0) is 9.84 Å². The predicted octanol–water partition coefficient (Wildman–Crippen LogP) is 0.851. The topological polar surface area (TPSA) is 75.3 Å². The first kappa shape index (κ1) is 16.9. The minimum atomic E-state index is -3.20. The lowest BCUT2D eigenvalue weighted by Crippen LogP contribution is -2.48. The van der Waals surface area contributed by atoms with Crippen LogP contribution in [0.25, 0.3) is 0 Å². The molecule has 20 heavy (non-hydrogen) atoms. The molecule has 2 rings (SSSR count). The van der Waals surface area contributed by atoms with Crippen LogP contribution in [0, 0.1) is 5.92 Å². The molecule has 0 atom stereocenters. The Morgan fingerprint density at radius 2 is 1.90 bits per heavy atom. The van der Waals surface area contributed by atoms with Crippen LogP contribution in [0.5, 0.6) is 0 Å². The SMILES string of the molecule is CCS(=O)(=O)c1ccc(C(=O)NCC2CNC2)cc1.Cl. The molecule has 2 N–H and O–H groups in total. The molecule has 1 aromatic carbocycles. The Kier molecular flexibility index (Phi) is 5.98. The van der Waals surface area contributed by atoms with Crippen molar-refractivity contribution >= 4 is 28.2 Å². The summed E-state index contributed by atoms with van der Waals surface area (Å²) < 4.78 is 23.3. The second-order valence-corrected chi connectivity index (χ2v) is 6.94. The number of sulfone groups is 1. The number of carbonyl (C=O) groups is 1. The average Bonchev–Trinajstić information content (AvgIpc) is 2.37. The van der Waals surface area contributed by atoms with E-state index in [2.05, 4.69) is 10.6 Å². The molecular weight excluding hydrogens is 300 g/mol. The first-order valence-corrected chi connectivity index (χ1v) is 8.00. The second kappa shape index (κ2) is 7.06. The molecule has 7 heteroatoms. The van der Waals surface area contributed by atoms with Crippen LogP contribution in [0.1, 0.15) is 17.3 Å². The molecule has 1 heterocycles. The number of benzene rings is 1. The van der Waals surface area contributed by atoms with E-state index in [0.29, 0.717) is 18.0 Å². The average molecular weight is 319 g/mol. The summed E-state index contributed by atoms with van der Waals surface area (Å²) >= 11 is 0. The maximum absolute atomic E-state index is 11.8. The van der Waals surface area contributed by atoms with Gasteiger partial charge >= 0.3 is 0 Å². The van der Waals surface area contributed by atoms with Gasteiger partial charge in [-0.2, -0.15) is 0 Å². The summed E-state index contributed by atoms with van der Waals surface area (Å²) in [6, 6.07) is 6.07. The summed E-state index contributed by atoms with van der Waals surface area (Å²) in [5, 5.41) is 5.98. The van der Waals surface area contributed by atoms with Crippen molar-refractivity contribution in [1.29, 1.82) is 0 Å². The van der Waals surface area contributed by atoms with Crippen LogP contribution in [0.2, 0.25) is 0 Å². The summed E-state index contributed by atoms with van der Waals surface area (Å²) in [4.78, 5) is 12.1. The molecule has 0 bridgehead atoms. The van der Waals surface area contributed by atoms with E-state index in [1.165, 1.54) is 12.1 Å². The van der Waals surface area contributed by atoms with Crippen LogP contribution < -0.4 is 10.6 Å². The molecule has 1 saturated heterocycles. The summed E-state index contributed by atoms with van der Waals surface area (Å²) in [7, 11) is -3.20. The van der Waals surface area contributed by atoms with Gasteiger partial charge in [-0.05, 0) is 24.3 Å². The lowest BCUT2D eigenvalue weighted by molar-refractivity contribution is 0.0942. The normalized spacial score (nSPS) is 15.1. The Balaban J connectivity index is 0.00000200. The molecule has 0 unspecified atom stereocenters. The maximum Gasteiger partial charge on any atom is 0.251 e. The zero-order chi connectivity index (χ0) is 13.9. The summed E-state index contributed by atoms with van der Waals surface area (Å²) in [5.74, 6) is 0.406. The summed E-state index contributed by atoms with van der Waals surface area (Å²) in [6.07, 6.45) is 0. The highest BCUT2D eigenvalue weighted by atomic mass is 35.5. The number of halogens is 1. The third-order valence-electron chi connectivity index (χ3n) is 3.27. The largest absolute Gasteiger partial charge is 0.352 e. The molecule has 0 spiro atoms. The fourth-order valence-electron chi connectivity index (χ4n) is 1.81. The van der Waals surface area contributed by atoms with Gasteiger partial charge in [-0.25, -0.2) is 8.42 Å². The van der Waals surface area contributed by atoms with E-state index in [4.69, 9.17) is 0 Å². The smallest absolute Gasteiger partial charge is 0.251 e. The number of rotatable bonds is 5. The lowest BCUT2D eigenvalue weighted by Gasteiger charge is -2.27. The Morgan fingerprint density at radius 1 is 1.30 bits per heavy atom. The molecule has 1 fully saturated rings.